The van der Waals surface area contributed by atoms with Crippen LogP contribution in [0.25, 0.3) is 5.82 Å². The van der Waals surface area contributed by atoms with Crippen LogP contribution in [0.15, 0.2) is 24.5 Å². The second-order valence-electron chi connectivity index (χ2n) is 4.98. The summed E-state index contributed by atoms with van der Waals surface area (Å²) in [5.74, 6) is 1.06. The van der Waals surface area contributed by atoms with Gasteiger partial charge in [-0.15, -0.1) is 0 Å². The van der Waals surface area contributed by atoms with Crippen LogP contribution < -0.4 is 0 Å². The number of carbonyl (C=O) groups excluding carboxylic acids is 1. The van der Waals surface area contributed by atoms with Crippen LogP contribution in [0, 0.1) is 6.92 Å². The van der Waals surface area contributed by atoms with Crippen molar-refractivity contribution < 1.29 is 9.53 Å². The topological polar surface area (TPSA) is 57.0 Å². The molecule has 1 fully saturated rings. The van der Waals surface area contributed by atoms with Gasteiger partial charge in [-0.05, 0) is 44.2 Å². The largest absolute Gasteiger partial charge is 0.462 e. The lowest BCUT2D eigenvalue weighted by atomic mass is 10.1. The molecule has 20 heavy (non-hydrogen) atoms. The first-order valence-corrected chi connectivity index (χ1v) is 6.89. The van der Waals surface area contributed by atoms with Crippen molar-refractivity contribution in [3.63, 3.8) is 0 Å². The van der Waals surface area contributed by atoms with Crippen LogP contribution in [0.4, 0.5) is 0 Å². The number of nitrogens with zero attached hydrogens (tertiary/aromatic N) is 3. The summed E-state index contributed by atoms with van der Waals surface area (Å²) in [7, 11) is 0. The standard InChI is InChI=1S/C15H17N3O2/c1-3-20-15(19)13-9-18(17-10(13)2)14-12(11-6-7-11)5-4-8-16-14/h4-5,8-9,11H,3,6-7H2,1-2H3. The van der Waals surface area contributed by atoms with E-state index in [9.17, 15) is 4.79 Å². The number of ether oxygens (including phenoxy) is 1. The maximum absolute atomic E-state index is 11.8. The molecular weight excluding hydrogens is 254 g/mol. The zero-order valence-corrected chi connectivity index (χ0v) is 11.7. The number of pyridine rings is 1. The summed E-state index contributed by atoms with van der Waals surface area (Å²) >= 11 is 0. The molecular formula is C15H17N3O2. The van der Waals surface area contributed by atoms with Crippen LogP contribution in [0.3, 0.4) is 0 Å². The predicted molar refractivity (Wildman–Crippen MR) is 74.0 cm³/mol. The summed E-state index contributed by atoms with van der Waals surface area (Å²) < 4.78 is 6.73. The minimum absolute atomic E-state index is 0.333. The molecule has 0 aliphatic heterocycles. The molecule has 2 aromatic heterocycles. The molecule has 0 N–H and O–H groups in total. The second-order valence-corrected chi connectivity index (χ2v) is 4.98. The monoisotopic (exact) mass is 271 g/mol. The minimum atomic E-state index is -0.333. The SMILES string of the molecule is CCOC(=O)c1cn(-c2ncccc2C2CC2)nc1C. The van der Waals surface area contributed by atoms with E-state index in [0.717, 1.165) is 5.82 Å². The van der Waals surface area contributed by atoms with Gasteiger partial charge in [-0.25, -0.2) is 14.5 Å². The Hall–Kier alpha value is -2.17. The van der Waals surface area contributed by atoms with Gasteiger partial charge in [0.2, 0.25) is 0 Å². The summed E-state index contributed by atoms with van der Waals surface area (Å²) in [6.45, 7) is 3.96. The van der Waals surface area contributed by atoms with E-state index in [1.54, 1.807) is 24.0 Å². The van der Waals surface area contributed by atoms with Gasteiger partial charge in [-0.1, -0.05) is 6.07 Å². The zero-order valence-electron chi connectivity index (χ0n) is 11.7. The van der Waals surface area contributed by atoms with Gasteiger partial charge >= 0.3 is 5.97 Å². The molecule has 3 rings (SSSR count). The lowest BCUT2D eigenvalue weighted by Gasteiger charge is -2.06. The maximum atomic E-state index is 11.8. The van der Waals surface area contributed by atoms with E-state index in [-0.39, 0.29) is 5.97 Å². The van der Waals surface area contributed by atoms with Crippen molar-refractivity contribution in [2.45, 2.75) is 32.6 Å². The summed E-state index contributed by atoms with van der Waals surface area (Å²) in [5, 5.41) is 4.41. The molecule has 0 radical (unpaired) electrons. The van der Waals surface area contributed by atoms with Crippen LogP contribution in [-0.4, -0.2) is 27.3 Å². The van der Waals surface area contributed by atoms with E-state index in [4.69, 9.17) is 4.74 Å². The first-order valence-electron chi connectivity index (χ1n) is 6.89. The summed E-state index contributed by atoms with van der Waals surface area (Å²) in [6.07, 6.45) is 5.86. The van der Waals surface area contributed by atoms with Gasteiger partial charge in [0.05, 0.1) is 12.3 Å². The third-order valence-electron chi connectivity index (χ3n) is 3.45. The summed E-state index contributed by atoms with van der Waals surface area (Å²) in [5.41, 5.74) is 2.36. The first kappa shape index (κ1) is 12.8. The fraction of sp³-hybridized carbons (Fsp3) is 0.400. The average Bonchev–Trinajstić information content (AvgIpc) is 3.22. The van der Waals surface area contributed by atoms with Crippen LogP contribution in [0.5, 0.6) is 0 Å². The first-order chi connectivity index (χ1) is 9.70. The number of hydrogen-bond acceptors (Lipinski definition) is 4. The van der Waals surface area contributed by atoms with Gasteiger partial charge in [0.25, 0.3) is 0 Å². The minimum Gasteiger partial charge on any atom is -0.462 e. The molecule has 1 saturated carbocycles. The molecule has 1 aliphatic carbocycles. The number of aromatic nitrogens is 3. The number of esters is 1. The molecule has 1 aliphatic rings. The van der Waals surface area contributed by atoms with E-state index in [1.807, 2.05) is 13.0 Å². The molecule has 2 heterocycles. The Kier molecular flexibility index (Phi) is 3.26. The Morgan fingerprint density at radius 2 is 2.30 bits per heavy atom. The Morgan fingerprint density at radius 3 is 3.00 bits per heavy atom. The smallest absolute Gasteiger partial charge is 0.341 e. The van der Waals surface area contributed by atoms with Gasteiger partial charge in [0.1, 0.15) is 5.56 Å². The quantitative estimate of drug-likeness (QED) is 0.802. The van der Waals surface area contributed by atoms with Gasteiger partial charge in [-0.3, -0.25) is 0 Å². The van der Waals surface area contributed by atoms with Gasteiger partial charge in [0.15, 0.2) is 5.82 Å². The van der Waals surface area contributed by atoms with Gasteiger partial charge < -0.3 is 4.74 Å². The molecule has 2 aromatic rings. The van der Waals surface area contributed by atoms with Crippen LogP contribution >= 0.6 is 0 Å². The van der Waals surface area contributed by atoms with E-state index in [2.05, 4.69) is 16.1 Å². The molecule has 0 atom stereocenters. The molecule has 0 unspecified atom stereocenters. The van der Waals surface area contributed by atoms with Crippen molar-refractivity contribution in [3.05, 3.63) is 41.3 Å². The molecule has 5 nitrogen and oxygen atoms in total. The number of carbonyl (C=O) groups is 1. The Morgan fingerprint density at radius 1 is 1.50 bits per heavy atom. The summed E-state index contributed by atoms with van der Waals surface area (Å²) in [4.78, 5) is 16.3. The predicted octanol–water partition coefficient (Wildman–Crippen LogP) is 2.63. The molecule has 0 saturated heterocycles. The van der Waals surface area contributed by atoms with E-state index >= 15 is 0 Å². The van der Waals surface area contributed by atoms with Gasteiger partial charge in [0, 0.05) is 12.4 Å². The fourth-order valence-electron chi connectivity index (χ4n) is 2.29. The average molecular weight is 271 g/mol. The third-order valence-corrected chi connectivity index (χ3v) is 3.45. The van der Waals surface area contributed by atoms with E-state index < -0.39 is 0 Å². The highest BCUT2D eigenvalue weighted by molar-refractivity contribution is 5.90. The van der Waals surface area contributed by atoms with Crippen molar-refractivity contribution in [1.29, 1.82) is 0 Å². The zero-order chi connectivity index (χ0) is 14.1. The Labute approximate surface area is 117 Å². The second kappa shape index (κ2) is 5.07. The van der Waals surface area contributed by atoms with Crippen molar-refractivity contribution in [2.24, 2.45) is 0 Å². The summed E-state index contributed by atoms with van der Waals surface area (Å²) in [6, 6.07) is 4.03. The van der Waals surface area contributed by atoms with Crippen molar-refractivity contribution >= 4 is 5.97 Å². The highest BCUT2D eigenvalue weighted by Crippen LogP contribution is 2.41. The lowest BCUT2D eigenvalue weighted by Crippen LogP contribution is -2.05. The normalized spacial score (nSPS) is 14.3. The number of aryl methyl sites for hydroxylation is 1. The fourth-order valence-corrected chi connectivity index (χ4v) is 2.29. The Bertz CT molecular complexity index is 644. The van der Waals surface area contributed by atoms with Gasteiger partial charge in [-0.2, -0.15) is 5.10 Å². The lowest BCUT2D eigenvalue weighted by molar-refractivity contribution is 0.0525. The molecule has 104 valence electrons. The van der Waals surface area contributed by atoms with Crippen molar-refractivity contribution in [1.82, 2.24) is 14.8 Å². The number of rotatable bonds is 4. The molecule has 0 aromatic carbocycles. The molecule has 5 heteroatoms. The van der Waals surface area contributed by atoms with Crippen LogP contribution in [0.1, 0.15) is 47.3 Å². The molecule has 0 bridgehead atoms. The van der Waals surface area contributed by atoms with Crippen LogP contribution in [0.2, 0.25) is 0 Å². The van der Waals surface area contributed by atoms with Crippen LogP contribution in [-0.2, 0) is 4.74 Å². The molecule has 0 amide bonds. The van der Waals surface area contributed by atoms with E-state index in [1.165, 1.54) is 18.4 Å². The van der Waals surface area contributed by atoms with E-state index in [0.29, 0.717) is 23.8 Å². The van der Waals surface area contributed by atoms with Crippen molar-refractivity contribution in [3.8, 4) is 5.82 Å². The number of hydrogen-bond donors (Lipinski definition) is 0. The maximum Gasteiger partial charge on any atom is 0.341 e. The Balaban J connectivity index is 1.99. The highest BCUT2D eigenvalue weighted by Gasteiger charge is 2.28. The highest BCUT2D eigenvalue weighted by atomic mass is 16.5. The molecule has 0 spiro atoms. The van der Waals surface area contributed by atoms with Crippen molar-refractivity contribution in [2.75, 3.05) is 6.61 Å². The third kappa shape index (κ3) is 2.31.